The third kappa shape index (κ3) is 2.87. The van der Waals surface area contributed by atoms with Crippen LogP contribution in [0.2, 0.25) is 0 Å². The Labute approximate surface area is 147 Å². The number of nitrogens with zero attached hydrogens (tertiary/aromatic N) is 2. The smallest absolute Gasteiger partial charge is 0.224 e. The first-order chi connectivity index (χ1) is 11.3. The summed E-state index contributed by atoms with van der Waals surface area (Å²) in [5.74, 6) is 1.05. The Morgan fingerprint density at radius 1 is 1.33 bits per heavy atom. The molecule has 24 heavy (non-hydrogen) atoms. The third-order valence-corrected chi connectivity index (χ3v) is 4.86. The number of aromatic amines is 1. The predicted molar refractivity (Wildman–Crippen MR) is 93.2 cm³/mol. The van der Waals surface area contributed by atoms with E-state index < -0.39 is 0 Å². The molecule has 128 valence electrons. The summed E-state index contributed by atoms with van der Waals surface area (Å²) in [6, 6.07) is 8.50. The summed E-state index contributed by atoms with van der Waals surface area (Å²) in [5, 5.41) is 10.7. The summed E-state index contributed by atoms with van der Waals surface area (Å²) in [6.07, 6.45) is 3.47. The minimum absolute atomic E-state index is 0. The van der Waals surface area contributed by atoms with Crippen molar-refractivity contribution in [3.05, 3.63) is 36.0 Å². The fourth-order valence-electron chi connectivity index (χ4n) is 3.65. The number of nitrogens with one attached hydrogen (secondary N) is 2. The maximum atomic E-state index is 12.3. The summed E-state index contributed by atoms with van der Waals surface area (Å²) in [7, 11) is 1.65. The molecule has 3 heterocycles. The van der Waals surface area contributed by atoms with Gasteiger partial charge in [-0.1, -0.05) is 0 Å². The van der Waals surface area contributed by atoms with Gasteiger partial charge in [0, 0.05) is 36.2 Å². The molecule has 0 saturated carbocycles. The van der Waals surface area contributed by atoms with Crippen molar-refractivity contribution in [2.45, 2.75) is 31.5 Å². The molecule has 1 amide bonds. The molecule has 6 nitrogen and oxygen atoms in total. The molecule has 2 fully saturated rings. The van der Waals surface area contributed by atoms with Crippen LogP contribution >= 0.6 is 12.4 Å². The van der Waals surface area contributed by atoms with Crippen LogP contribution in [0.5, 0.6) is 5.75 Å². The second kappa shape index (κ2) is 6.83. The van der Waals surface area contributed by atoms with Gasteiger partial charge in [0.25, 0.3) is 0 Å². The fourth-order valence-corrected chi connectivity index (χ4v) is 3.65. The molecule has 1 aromatic heterocycles. The van der Waals surface area contributed by atoms with Gasteiger partial charge in [0.1, 0.15) is 5.75 Å². The maximum absolute atomic E-state index is 12.3. The lowest BCUT2D eigenvalue weighted by Crippen LogP contribution is -2.35. The van der Waals surface area contributed by atoms with Crippen LogP contribution in [-0.2, 0) is 11.3 Å². The van der Waals surface area contributed by atoms with Gasteiger partial charge in [0.05, 0.1) is 19.0 Å². The minimum Gasteiger partial charge on any atom is -0.497 e. The van der Waals surface area contributed by atoms with Crippen molar-refractivity contribution in [2.75, 3.05) is 13.7 Å². The number of amides is 1. The highest BCUT2D eigenvalue weighted by Gasteiger charge is 2.42. The quantitative estimate of drug-likeness (QED) is 0.886. The van der Waals surface area contributed by atoms with E-state index in [2.05, 4.69) is 15.5 Å². The van der Waals surface area contributed by atoms with Crippen LogP contribution in [0.3, 0.4) is 0 Å². The van der Waals surface area contributed by atoms with E-state index >= 15 is 0 Å². The lowest BCUT2D eigenvalue weighted by atomic mass is 10.1. The third-order valence-electron chi connectivity index (χ3n) is 4.86. The van der Waals surface area contributed by atoms with Crippen molar-refractivity contribution in [2.24, 2.45) is 0 Å². The molecule has 0 radical (unpaired) electrons. The summed E-state index contributed by atoms with van der Waals surface area (Å²) in [6.45, 7) is 1.61. The normalized spacial score (nSPS) is 22.4. The number of halogens is 1. The highest BCUT2D eigenvalue weighted by molar-refractivity contribution is 5.85. The summed E-state index contributed by atoms with van der Waals surface area (Å²) in [5.41, 5.74) is 3.07. The number of methoxy groups -OCH3 is 1. The van der Waals surface area contributed by atoms with Crippen LogP contribution in [0.1, 0.15) is 18.4 Å². The molecule has 0 bridgehead atoms. The predicted octanol–water partition coefficient (Wildman–Crippen LogP) is 1.97. The van der Waals surface area contributed by atoms with Crippen molar-refractivity contribution in [3.8, 4) is 17.0 Å². The summed E-state index contributed by atoms with van der Waals surface area (Å²) >= 11 is 0. The molecule has 0 unspecified atom stereocenters. The number of benzene rings is 1. The van der Waals surface area contributed by atoms with Gasteiger partial charge in [-0.2, -0.15) is 5.10 Å². The molecular weight excluding hydrogens is 328 g/mol. The Morgan fingerprint density at radius 2 is 2.12 bits per heavy atom. The lowest BCUT2D eigenvalue weighted by Gasteiger charge is -2.23. The van der Waals surface area contributed by atoms with Gasteiger partial charge < -0.3 is 15.0 Å². The molecule has 2 atom stereocenters. The van der Waals surface area contributed by atoms with Gasteiger partial charge in [-0.3, -0.25) is 9.89 Å². The zero-order valence-electron chi connectivity index (χ0n) is 13.5. The van der Waals surface area contributed by atoms with E-state index in [1.54, 1.807) is 7.11 Å². The molecule has 4 rings (SSSR count). The van der Waals surface area contributed by atoms with Gasteiger partial charge >= 0.3 is 0 Å². The zero-order chi connectivity index (χ0) is 15.8. The second-order valence-corrected chi connectivity index (χ2v) is 6.14. The monoisotopic (exact) mass is 348 g/mol. The number of aromatic nitrogens is 2. The largest absolute Gasteiger partial charge is 0.497 e. The van der Waals surface area contributed by atoms with Crippen molar-refractivity contribution < 1.29 is 9.53 Å². The number of ether oxygens (including phenoxy) is 1. The highest BCUT2D eigenvalue weighted by atomic mass is 35.5. The Morgan fingerprint density at radius 3 is 2.88 bits per heavy atom. The van der Waals surface area contributed by atoms with E-state index in [-0.39, 0.29) is 18.3 Å². The van der Waals surface area contributed by atoms with Gasteiger partial charge in [-0.25, -0.2) is 0 Å². The maximum Gasteiger partial charge on any atom is 0.224 e. The Kier molecular flexibility index (Phi) is 4.78. The van der Waals surface area contributed by atoms with E-state index in [0.717, 1.165) is 35.5 Å². The molecule has 2 N–H and O–H groups in total. The number of fused-ring (bicyclic) bond motifs is 1. The van der Waals surface area contributed by atoms with Crippen molar-refractivity contribution in [3.63, 3.8) is 0 Å². The van der Waals surface area contributed by atoms with Crippen LogP contribution in [0.15, 0.2) is 30.5 Å². The minimum atomic E-state index is 0. The number of rotatable bonds is 4. The number of likely N-dealkylation sites (tertiary alicyclic amines) is 1. The van der Waals surface area contributed by atoms with Gasteiger partial charge in [0.2, 0.25) is 5.91 Å². The Bertz CT molecular complexity index is 716. The van der Waals surface area contributed by atoms with E-state index in [0.29, 0.717) is 25.0 Å². The second-order valence-electron chi connectivity index (χ2n) is 6.14. The first kappa shape index (κ1) is 16.8. The topological polar surface area (TPSA) is 70.2 Å². The SMILES string of the molecule is COc1ccc(-c2[nH]ncc2CN2C(=O)C[C@H]3NCC[C@H]32)cc1.Cl. The molecule has 2 saturated heterocycles. The van der Waals surface area contributed by atoms with Crippen molar-refractivity contribution in [1.29, 1.82) is 0 Å². The first-order valence-electron chi connectivity index (χ1n) is 7.96. The Balaban J connectivity index is 0.00000169. The van der Waals surface area contributed by atoms with Crippen LogP contribution in [0.4, 0.5) is 0 Å². The van der Waals surface area contributed by atoms with Crippen LogP contribution in [0, 0.1) is 0 Å². The number of hydrogen-bond donors (Lipinski definition) is 2. The summed E-state index contributed by atoms with van der Waals surface area (Å²) < 4.78 is 5.20. The molecule has 2 aliphatic heterocycles. The average Bonchev–Trinajstić information content (AvgIpc) is 3.26. The molecule has 2 aromatic rings. The van der Waals surface area contributed by atoms with Gasteiger partial charge in [-0.05, 0) is 37.2 Å². The number of carbonyl (C=O) groups excluding carboxylic acids is 1. The number of hydrogen-bond acceptors (Lipinski definition) is 4. The molecule has 2 aliphatic rings. The zero-order valence-corrected chi connectivity index (χ0v) is 14.3. The average molecular weight is 349 g/mol. The van der Waals surface area contributed by atoms with Crippen LogP contribution < -0.4 is 10.1 Å². The van der Waals surface area contributed by atoms with Crippen LogP contribution in [-0.4, -0.2) is 46.7 Å². The highest BCUT2D eigenvalue weighted by Crippen LogP contribution is 2.30. The van der Waals surface area contributed by atoms with E-state index in [9.17, 15) is 4.79 Å². The Hall–Kier alpha value is -2.05. The molecule has 1 aromatic carbocycles. The van der Waals surface area contributed by atoms with Gasteiger partial charge in [-0.15, -0.1) is 12.4 Å². The molecule has 0 aliphatic carbocycles. The standard InChI is InChI=1S/C17H20N4O2.ClH/c1-23-13-4-2-11(3-5-13)17-12(9-19-20-17)10-21-15-6-7-18-14(15)8-16(21)22;/h2-5,9,14-15,18H,6-8,10H2,1H3,(H,19,20);1H/t14-,15-;/m1./s1. The molecular formula is C17H21ClN4O2. The summed E-state index contributed by atoms with van der Waals surface area (Å²) in [4.78, 5) is 14.3. The number of carbonyl (C=O) groups is 1. The molecule has 0 spiro atoms. The first-order valence-corrected chi connectivity index (χ1v) is 7.96. The van der Waals surface area contributed by atoms with Crippen LogP contribution in [0.25, 0.3) is 11.3 Å². The number of H-pyrrole nitrogens is 1. The van der Waals surface area contributed by atoms with Crippen molar-refractivity contribution in [1.82, 2.24) is 20.4 Å². The van der Waals surface area contributed by atoms with E-state index in [4.69, 9.17) is 4.74 Å². The lowest BCUT2D eigenvalue weighted by molar-refractivity contribution is -0.129. The molecule has 7 heteroatoms. The van der Waals surface area contributed by atoms with Crippen molar-refractivity contribution >= 4 is 18.3 Å². The van der Waals surface area contributed by atoms with E-state index in [1.807, 2.05) is 35.4 Å². The fraction of sp³-hybridized carbons (Fsp3) is 0.412. The van der Waals surface area contributed by atoms with E-state index in [1.165, 1.54) is 0 Å². The van der Waals surface area contributed by atoms with Gasteiger partial charge in [0.15, 0.2) is 0 Å².